The van der Waals surface area contributed by atoms with Crippen LogP contribution in [0.1, 0.15) is 44.2 Å². The molecule has 1 atom stereocenters. The monoisotopic (exact) mass is 358 g/mol. The van der Waals surface area contributed by atoms with Gasteiger partial charge >= 0.3 is 0 Å². The van der Waals surface area contributed by atoms with E-state index in [1.165, 1.54) is 0 Å². The second-order valence-corrected chi connectivity index (χ2v) is 6.99. The second-order valence-electron chi connectivity index (χ2n) is 6.99. The van der Waals surface area contributed by atoms with Crippen molar-refractivity contribution in [3.63, 3.8) is 0 Å². The van der Waals surface area contributed by atoms with Gasteiger partial charge in [0.2, 0.25) is 17.8 Å². The first-order chi connectivity index (χ1) is 12.5. The van der Waals surface area contributed by atoms with Crippen LogP contribution in [-0.2, 0) is 11.3 Å². The van der Waals surface area contributed by atoms with Crippen LogP contribution in [0, 0.1) is 0 Å². The van der Waals surface area contributed by atoms with E-state index in [0.29, 0.717) is 18.4 Å². The van der Waals surface area contributed by atoms with Crippen molar-refractivity contribution in [2.45, 2.75) is 45.2 Å². The second kappa shape index (κ2) is 7.72. The van der Waals surface area contributed by atoms with Crippen molar-refractivity contribution < 1.29 is 9.21 Å². The molecule has 3 rings (SSSR count). The third-order valence-electron chi connectivity index (χ3n) is 4.37. The summed E-state index contributed by atoms with van der Waals surface area (Å²) in [7, 11) is 3.81. The molecule has 1 aliphatic rings. The zero-order valence-corrected chi connectivity index (χ0v) is 15.8. The summed E-state index contributed by atoms with van der Waals surface area (Å²) in [5, 5.41) is 2.95. The Morgan fingerprint density at radius 2 is 2.19 bits per heavy atom. The Bertz CT molecular complexity index is 718. The topological polar surface area (TPSA) is 87.4 Å². The Labute approximate surface area is 153 Å². The van der Waals surface area contributed by atoms with Gasteiger partial charge in [-0.25, -0.2) is 0 Å². The van der Waals surface area contributed by atoms with Gasteiger partial charge in [-0.05, 0) is 25.0 Å². The number of hydrogen-bond donors (Lipinski definition) is 1. The van der Waals surface area contributed by atoms with Gasteiger partial charge in [-0.15, -0.1) is 0 Å². The lowest BCUT2D eigenvalue weighted by atomic mass is 10.2. The van der Waals surface area contributed by atoms with Gasteiger partial charge in [0.25, 0.3) is 0 Å². The summed E-state index contributed by atoms with van der Waals surface area (Å²) in [6, 6.07) is 3.38. The Morgan fingerprint density at radius 3 is 2.85 bits per heavy atom. The summed E-state index contributed by atoms with van der Waals surface area (Å²) < 4.78 is 5.28. The summed E-state index contributed by atoms with van der Waals surface area (Å²) in [6.45, 7) is 5.24. The Morgan fingerprint density at radius 1 is 1.38 bits per heavy atom. The number of nitrogens with zero attached hydrogens (tertiary/aromatic N) is 5. The number of carbonyl (C=O) groups is 1. The Balaban J connectivity index is 1.79. The summed E-state index contributed by atoms with van der Waals surface area (Å²) in [4.78, 5) is 30.2. The predicted molar refractivity (Wildman–Crippen MR) is 99.2 cm³/mol. The van der Waals surface area contributed by atoms with Crippen LogP contribution >= 0.6 is 0 Å². The molecule has 0 saturated carbocycles. The fraction of sp³-hybridized carbons (Fsp3) is 0.556. The lowest BCUT2D eigenvalue weighted by Crippen LogP contribution is -2.44. The van der Waals surface area contributed by atoms with Crippen molar-refractivity contribution in [2.24, 2.45) is 0 Å². The first kappa shape index (κ1) is 18.2. The third kappa shape index (κ3) is 3.95. The number of rotatable bonds is 6. The van der Waals surface area contributed by atoms with Crippen LogP contribution in [-0.4, -0.2) is 47.5 Å². The average molecular weight is 358 g/mol. The molecule has 1 N–H and O–H groups in total. The van der Waals surface area contributed by atoms with Gasteiger partial charge in [0.1, 0.15) is 17.6 Å². The maximum Gasteiger partial charge on any atom is 0.243 e. The van der Waals surface area contributed by atoms with Crippen LogP contribution in [0.2, 0.25) is 0 Å². The zero-order valence-electron chi connectivity index (χ0n) is 15.8. The van der Waals surface area contributed by atoms with Crippen LogP contribution in [0.4, 0.5) is 11.9 Å². The molecule has 26 heavy (non-hydrogen) atoms. The van der Waals surface area contributed by atoms with E-state index < -0.39 is 0 Å². The van der Waals surface area contributed by atoms with Crippen LogP contribution < -0.4 is 15.1 Å². The molecule has 0 aliphatic carbocycles. The van der Waals surface area contributed by atoms with E-state index in [1.807, 2.05) is 36.0 Å². The van der Waals surface area contributed by atoms with Gasteiger partial charge in [0, 0.05) is 26.6 Å². The third-order valence-corrected chi connectivity index (χ3v) is 4.37. The zero-order chi connectivity index (χ0) is 18.7. The average Bonchev–Trinajstić information content (AvgIpc) is 3.30. The summed E-state index contributed by atoms with van der Waals surface area (Å²) in [5.74, 6) is 2.81. The molecule has 2 aromatic heterocycles. The first-order valence-electron chi connectivity index (χ1n) is 8.95. The number of aromatic nitrogens is 3. The van der Waals surface area contributed by atoms with Crippen molar-refractivity contribution in [2.75, 3.05) is 30.4 Å². The molecule has 2 aromatic rings. The summed E-state index contributed by atoms with van der Waals surface area (Å²) >= 11 is 0. The van der Waals surface area contributed by atoms with E-state index in [9.17, 15) is 4.79 Å². The van der Waals surface area contributed by atoms with Gasteiger partial charge in [0.05, 0.1) is 12.8 Å². The molecular formula is C18H26N6O2. The Kier molecular flexibility index (Phi) is 5.39. The highest BCUT2D eigenvalue weighted by Crippen LogP contribution is 2.25. The van der Waals surface area contributed by atoms with Gasteiger partial charge in [-0.1, -0.05) is 13.8 Å². The van der Waals surface area contributed by atoms with Gasteiger partial charge in [-0.2, -0.15) is 15.0 Å². The number of hydrogen-bond acceptors (Lipinski definition) is 7. The molecule has 3 heterocycles. The molecule has 1 aliphatic heterocycles. The highest BCUT2D eigenvalue weighted by molar-refractivity contribution is 5.85. The predicted octanol–water partition coefficient (Wildman–Crippen LogP) is 1.94. The number of furan rings is 1. The molecule has 1 saturated heterocycles. The fourth-order valence-corrected chi connectivity index (χ4v) is 2.94. The molecule has 0 spiro atoms. The molecular weight excluding hydrogens is 332 g/mol. The molecule has 1 unspecified atom stereocenters. The number of amides is 1. The standard InChI is InChI=1S/C18H26N6O2/c1-12(2)15-20-17(23(3)4)22-18(21-15)24-9-5-8-14(24)16(25)19-11-13-7-6-10-26-13/h6-7,10,12,14H,5,8-9,11H2,1-4H3,(H,19,25). The first-order valence-corrected chi connectivity index (χ1v) is 8.95. The van der Waals surface area contributed by atoms with E-state index >= 15 is 0 Å². The molecule has 1 amide bonds. The van der Waals surface area contributed by atoms with E-state index in [4.69, 9.17) is 4.42 Å². The molecule has 0 radical (unpaired) electrons. The minimum Gasteiger partial charge on any atom is -0.467 e. The maximum absolute atomic E-state index is 12.7. The van der Waals surface area contributed by atoms with Crippen molar-refractivity contribution in [3.05, 3.63) is 30.0 Å². The van der Waals surface area contributed by atoms with Gasteiger partial charge in [0.15, 0.2) is 0 Å². The number of nitrogens with one attached hydrogen (secondary N) is 1. The highest BCUT2D eigenvalue weighted by atomic mass is 16.3. The summed E-state index contributed by atoms with van der Waals surface area (Å²) in [6.07, 6.45) is 3.31. The molecule has 8 heteroatoms. The molecule has 0 aromatic carbocycles. The van der Waals surface area contributed by atoms with Crippen molar-refractivity contribution in [1.82, 2.24) is 20.3 Å². The minimum absolute atomic E-state index is 0.0307. The van der Waals surface area contributed by atoms with Crippen molar-refractivity contribution in [3.8, 4) is 0 Å². The van der Waals surface area contributed by atoms with Crippen LogP contribution in [0.5, 0.6) is 0 Å². The maximum atomic E-state index is 12.7. The van der Waals surface area contributed by atoms with E-state index in [1.54, 1.807) is 6.26 Å². The van der Waals surface area contributed by atoms with E-state index in [2.05, 4.69) is 34.1 Å². The largest absolute Gasteiger partial charge is 0.467 e. The minimum atomic E-state index is -0.276. The smallest absolute Gasteiger partial charge is 0.243 e. The summed E-state index contributed by atoms with van der Waals surface area (Å²) in [5.41, 5.74) is 0. The van der Waals surface area contributed by atoms with Crippen LogP contribution in [0.25, 0.3) is 0 Å². The van der Waals surface area contributed by atoms with Crippen molar-refractivity contribution >= 4 is 17.8 Å². The fourth-order valence-electron chi connectivity index (χ4n) is 2.94. The molecule has 0 bridgehead atoms. The van der Waals surface area contributed by atoms with Crippen LogP contribution in [0.3, 0.4) is 0 Å². The number of carbonyl (C=O) groups excluding carboxylic acids is 1. The molecule has 1 fully saturated rings. The van der Waals surface area contributed by atoms with Gasteiger partial charge in [-0.3, -0.25) is 4.79 Å². The SMILES string of the molecule is CC(C)c1nc(N(C)C)nc(N2CCCC2C(=O)NCc2ccco2)n1. The van der Waals surface area contributed by atoms with E-state index in [-0.39, 0.29) is 17.9 Å². The van der Waals surface area contributed by atoms with Crippen molar-refractivity contribution in [1.29, 1.82) is 0 Å². The van der Waals surface area contributed by atoms with Gasteiger partial charge < -0.3 is 19.5 Å². The quantitative estimate of drug-likeness (QED) is 0.844. The highest BCUT2D eigenvalue weighted by Gasteiger charge is 2.33. The van der Waals surface area contributed by atoms with E-state index in [0.717, 1.165) is 31.0 Å². The van der Waals surface area contributed by atoms with Crippen LogP contribution in [0.15, 0.2) is 22.8 Å². The lowest BCUT2D eigenvalue weighted by molar-refractivity contribution is -0.122. The normalized spacial score (nSPS) is 17.0. The molecule has 140 valence electrons. The lowest BCUT2D eigenvalue weighted by Gasteiger charge is -2.25. The molecule has 8 nitrogen and oxygen atoms in total. The Hall–Kier alpha value is -2.64. The number of anilines is 2.